The quantitative estimate of drug-likeness (QED) is 0.713. The van der Waals surface area contributed by atoms with Gasteiger partial charge in [-0.3, -0.25) is 9.59 Å². The molecule has 0 saturated carbocycles. The summed E-state index contributed by atoms with van der Waals surface area (Å²) in [7, 11) is -3.57. The second kappa shape index (κ2) is 9.21. The minimum Gasteiger partial charge on any atom is -0.350 e. The maximum Gasteiger partial charge on any atom is 0.251 e. The Labute approximate surface area is 170 Å². The van der Waals surface area contributed by atoms with Gasteiger partial charge in [-0.15, -0.1) is 0 Å². The molecule has 0 unspecified atom stereocenters. The lowest BCUT2D eigenvalue weighted by Gasteiger charge is -2.12. The summed E-state index contributed by atoms with van der Waals surface area (Å²) in [5, 5.41) is 5.59. The molecule has 0 atom stereocenters. The van der Waals surface area contributed by atoms with Gasteiger partial charge in [-0.25, -0.2) is 8.42 Å². The molecule has 0 spiro atoms. The summed E-state index contributed by atoms with van der Waals surface area (Å²) in [6.45, 7) is 5.54. The third-order valence-corrected chi connectivity index (χ3v) is 5.96. The number of benzene rings is 2. The highest BCUT2D eigenvalue weighted by molar-refractivity contribution is 7.91. The van der Waals surface area contributed by atoms with Crippen LogP contribution >= 0.6 is 11.6 Å². The summed E-state index contributed by atoms with van der Waals surface area (Å²) in [4.78, 5) is 24.5. The lowest BCUT2D eigenvalue weighted by molar-refractivity contribution is -0.115. The Morgan fingerprint density at radius 3 is 2.32 bits per heavy atom. The second-order valence-electron chi connectivity index (χ2n) is 6.75. The average molecular weight is 423 g/mol. The van der Waals surface area contributed by atoms with Crippen LogP contribution in [0.2, 0.25) is 5.02 Å². The molecule has 2 aromatic rings. The van der Waals surface area contributed by atoms with Crippen LogP contribution < -0.4 is 10.6 Å². The van der Waals surface area contributed by atoms with Gasteiger partial charge in [0.15, 0.2) is 9.84 Å². The monoisotopic (exact) mass is 422 g/mol. The van der Waals surface area contributed by atoms with Crippen molar-refractivity contribution in [3.05, 3.63) is 58.6 Å². The van der Waals surface area contributed by atoms with Crippen molar-refractivity contribution in [2.75, 3.05) is 11.1 Å². The maximum atomic E-state index is 12.4. The number of carbonyl (C=O) groups is 2. The van der Waals surface area contributed by atoms with Crippen molar-refractivity contribution in [2.24, 2.45) is 0 Å². The van der Waals surface area contributed by atoms with Crippen molar-refractivity contribution in [3.63, 3.8) is 0 Å². The van der Waals surface area contributed by atoms with E-state index in [-0.39, 0.29) is 39.7 Å². The largest absolute Gasteiger partial charge is 0.350 e. The number of hydrogen-bond acceptors (Lipinski definition) is 4. The van der Waals surface area contributed by atoms with E-state index < -0.39 is 15.7 Å². The predicted octanol–water partition coefficient (Wildman–Crippen LogP) is 3.59. The van der Waals surface area contributed by atoms with E-state index in [4.69, 9.17) is 11.6 Å². The molecule has 2 amide bonds. The molecule has 150 valence electrons. The first-order chi connectivity index (χ1) is 13.1. The SMILES string of the molecule is Cc1ccc(S(=O)(=O)CCC(=O)Nc2cc(C(=O)NC(C)C)ccc2Cl)cc1. The van der Waals surface area contributed by atoms with Crippen LogP contribution in [0.5, 0.6) is 0 Å². The van der Waals surface area contributed by atoms with Crippen LogP contribution in [-0.2, 0) is 14.6 Å². The molecule has 0 aliphatic carbocycles. The number of carbonyl (C=O) groups excluding carboxylic acids is 2. The van der Waals surface area contributed by atoms with Gasteiger partial charge in [0, 0.05) is 18.0 Å². The molecule has 2 N–H and O–H groups in total. The molecule has 6 nitrogen and oxygen atoms in total. The van der Waals surface area contributed by atoms with Crippen molar-refractivity contribution in [1.29, 1.82) is 0 Å². The number of hydrogen-bond donors (Lipinski definition) is 2. The highest BCUT2D eigenvalue weighted by Gasteiger charge is 2.17. The molecule has 0 saturated heterocycles. The summed E-state index contributed by atoms with van der Waals surface area (Å²) < 4.78 is 24.7. The molecule has 0 aliphatic rings. The average Bonchev–Trinajstić information content (AvgIpc) is 2.61. The van der Waals surface area contributed by atoms with E-state index in [1.165, 1.54) is 24.3 Å². The number of halogens is 1. The van der Waals surface area contributed by atoms with Crippen LogP contribution in [0.4, 0.5) is 5.69 Å². The molecule has 0 aliphatic heterocycles. The topological polar surface area (TPSA) is 92.3 Å². The number of sulfone groups is 1. The first-order valence-corrected chi connectivity index (χ1v) is 10.8. The predicted molar refractivity (Wildman–Crippen MR) is 111 cm³/mol. The number of nitrogens with one attached hydrogen (secondary N) is 2. The van der Waals surface area contributed by atoms with Gasteiger partial charge in [0.2, 0.25) is 5.91 Å². The molecule has 0 bridgehead atoms. The zero-order chi connectivity index (χ0) is 20.9. The summed E-state index contributed by atoms with van der Waals surface area (Å²) in [6.07, 6.45) is -0.227. The van der Waals surface area contributed by atoms with Crippen molar-refractivity contribution >= 4 is 38.9 Å². The van der Waals surface area contributed by atoms with Crippen LogP contribution in [0.1, 0.15) is 36.2 Å². The van der Waals surface area contributed by atoms with Crippen LogP contribution in [0.3, 0.4) is 0 Å². The smallest absolute Gasteiger partial charge is 0.251 e. The fourth-order valence-corrected chi connectivity index (χ4v) is 3.82. The van der Waals surface area contributed by atoms with Gasteiger partial charge in [0.25, 0.3) is 5.91 Å². The molecule has 0 aromatic heterocycles. The van der Waals surface area contributed by atoms with Crippen molar-refractivity contribution in [3.8, 4) is 0 Å². The van der Waals surface area contributed by atoms with E-state index in [0.29, 0.717) is 5.56 Å². The number of aryl methyl sites for hydroxylation is 1. The highest BCUT2D eigenvalue weighted by atomic mass is 35.5. The molecule has 2 aromatic carbocycles. The van der Waals surface area contributed by atoms with Gasteiger partial charge in [-0.05, 0) is 51.1 Å². The Kier molecular flexibility index (Phi) is 7.21. The van der Waals surface area contributed by atoms with Crippen LogP contribution in [-0.4, -0.2) is 32.0 Å². The van der Waals surface area contributed by atoms with Crippen LogP contribution in [0, 0.1) is 6.92 Å². The third-order valence-electron chi connectivity index (χ3n) is 3.90. The minimum absolute atomic E-state index is 0.0341. The van der Waals surface area contributed by atoms with Crippen LogP contribution in [0.25, 0.3) is 0 Å². The normalized spacial score (nSPS) is 11.3. The Balaban J connectivity index is 2.04. The van der Waals surface area contributed by atoms with E-state index in [2.05, 4.69) is 10.6 Å². The summed E-state index contributed by atoms with van der Waals surface area (Å²) in [6, 6.07) is 11.0. The zero-order valence-corrected chi connectivity index (χ0v) is 17.5. The maximum absolute atomic E-state index is 12.4. The molecule has 2 rings (SSSR count). The van der Waals surface area contributed by atoms with E-state index >= 15 is 0 Å². The number of anilines is 1. The van der Waals surface area contributed by atoms with Gasteiger partial charge in [-0.2, -0.15) is 0 Å². The highest BCUT2D eigenvalue weighted by Crippen LogP contribution is 2.23. The van der Waals surface area contributed by atoms with Crippen molar-refractivity contribution < 1.29 is 18.0 Å². The standard InChI is InChI=1S/C20H23ClN2O4S/c1-13(2)22-20(25)15-6-9-17(21)18(12-15)23-19(24)10-11-28(26,27)16-7-4-14(3)5-8-16/h4-9,12-13H,10-11H2,1-3H3,(H,22,25)(H,23,24). The van der Waals surface area contributed by atoms with E-state index in [0.717, 1.165) is 5.56 Å². The fourth-order valence-electron chi connectivity index (χ4n) is 2.41. The first-order valence-electron chi connectivity index (χ1n) is 8.78. The lowest BCUT2D eigenvalue weighted by Crippen LogP contribution is -2.30. The van der Waals surface area contributed by atoms with E-state index in [1.807, 2.05) is 20.8 Å². The summed E-state index contributed by atoms with van der Waals surface area (Å²) in [5.74, 6) is -1.12. The Morgan fingerprint density at radius 2 is 1.71 bits per heavy atom. The molecular formula is C20H23ClN2O4S. The fraction of sp³-hybridized carbons (Fsp3) is 0.300. The van der Waals surface area contributed by atoms with Gasteiger partial charge in [0.05, 0.1) is 21.4 Å². The van der Waals surface area contributed by atoms with Gasteiger partial charge >= 0.3 is 0 Å². The molecule has 0 heterocycles. The molecule has 0 radical (unpaired) electrons. The molecular weight excluding hydrogens is 400 g/mol. The summed E-state index contributed by atoms with van der Waals surface area (Å²) in [5.41, 5.74) is 1.56. The van der Waals surface area contributed by atoms with Crippen LogP contribution in [0.15, 0.2) is 47.4 Å². The number of rotatable bonds is 7. The lowest BCUT2D eigenvalue weighted by atomic mass is 10.1. The Hall–Kier alpha value is -2.38. The third kappa shape index (κ3) is 6.07. The van der Waals surface area contributed by atoms with Crippen molar-refractivity contribution in [1.82, 2.24) is 5.32 Å². The van der Waals surface area contributed by atoms with Crippen molar-refractivity contribution in [2.45, 2.75) is 38.1 Å². The van der Waals surface area contributed by atoms with E-state index in [1.54, 1.807) is 18.2 Å². The minimum atomic E-state index is -3.57. The second-order valence-corrected chi connectivity index (χ2v) is 9.27. The first kappa shape index (κ1) is 21.9. The molecule has 0 fully saturated rings. The number of amides is 2. The molecule has 8 heteroatoms. The van der Waals surface area contributed by atoms with Gasteiger partial charge in [-0.1, -0.05) is 29.3 Å². The van der Waals surface area contributed by atoms with Gasteiger partial charge < -0.3 is 10.6 Å². The Morgan fingerprint density at radius 1 is 1.07 bits per heavy atom. The zero-order valence-electron chi connectivity index (χ0n) is 16.0. The van der Waals surface area contributed by atoms with Gasteiger partial charge in [0.1, 0.15) is 0 Å². The Bertz CT molecular complexity index is 970. The summed E-state index contributed by atoms with van der Waals surface area (Å²) >= 11 is 6.09. The molecule has 28 heavy (non-hydrogen) atoms. The van der Waals surface area contributed by atoms with E-state index in [9.17, 15) is 18.0 Å².